The van der Waals surface area contributed by atoms with Crippen molar-refractivity contribution in [2.75, 3.05) is 31.1 Å². The number of rotatable bonds is 5. The van der Waals surface area contributed by atoms with Crippen LogP contribution in [0.4, 0.5) is 6.01 Å². The lowest BCUT2D eigenvalue weighted by atomic mass is 10.0. The fraction of sp³-hybridized carbons (Fsp3) is 0.786. The normalized spacial score (nSPS) is 16.0. The molecule has 1 amide bonds. The molecule has 1 saturated heterocycles. The number of aromatic nitrogens is 2. The third-order valence-corrected chi connectivity index (χ3v) is 3.96. The molecule has 1 aliphatic heterocycles. The molecule has 0 aliphatic carbocycles. The van der Waals surface area contributed by atoms with Crippen molar-refractivity contribution >= 4 is 11.9 Å². The lowest BCUT2D eigenvalue weighted by Crippen LogP contribution is -2.50. The monoisotopic (exact) mass is 280 g/mol. The van der Waals surface area contributed by atoms with Crippen molar-refractivity contribution in [3.8, 4) is 0 Å². The van der Waals surface area contributed by atoms with Crippen molar-refractivity contribution in [1.29, 1.82) is 0 Å². The van der Waals surface area contributed by atoms with Crippen LogP contribution in [0.25, 0.3) is 0 Å². The summed E-state index contributed by atoms with van der Waals surface area (Å²) in [4.78, 5) is 16.3. The van der Waals surface area contributed by atoms with Crippen LogP contribution in [0.15, 0.2) is 4.42 Å². The highest BCUT2D eigenvalue weighted by Crippen LogP contribution is 2.18. The first-order chi connectivity index (χ1) is 9.69. The molecule has 20 heavy (non-hydrogen) atoms. The maximum Gasteiger partial charge on any atom is 0.318 e. The Labute approximate surface area is 120 Å². The van der Waals surface area contributed by atoms with Crippen molar-refractivity contribution < 1.29 is 9.21 Å². The summed E-state index contributed by atoms with van der Waals surface area (Å²) in [6.45, 7) is 9.14. The van der Waals surface area contributed by atoms with Gasteiger partial charge >= 0.3 is 6.01 Å². The molecule has 0 bridgehead atoms. The molecule has 0 unspecified atom stereocenters. The SMILES string of the molecule is CCc1nnc(N2CCN(C(=O)C(CC)CC)CC2)o1. The fourth-order valence-electron chi connectivity index (χ4n) is 2.53. The third-order valence-electron chi connectivity index (χ3n) is 3.96. The average molecular weight is 280 g/mol. The Balaban J connectivity index is 1.90. The maximum absolute atomic E-state index is 12.3. The van der Waals surface area contributed by atoms with E-state index in [4.69, 9.17) is 4.42 Å². The molecule has 112 valence electrons. The fourth-order valence-corrected chi connectivity index (χ4v) is 2.53. The van der Waals surface area contributed by atoms with Gasteiger partial charge in [0.15, 0.2) is 0 Å². The number of amides is 1. The first-order valence-corrected chi connectivity index (χ1v) is 7.55. The van der Waals surface area contributed by atoms with Gasteiger partial charge in [-0.05, 0) is 12.8 Å². The molecule has 2 heterocycles. The highest BCUT2D eigenvalue weighted by molar-refractivity contribution is 5.79. The lowest BCUT2D eigenvalue weighted by molar-refractivity contribution is -0.136. The molecule has 0 aromatic carbocycles. The van der Waals surface area contributed by atoms with E-state index in [0.717, 1.165) is 45.4 Å². The number of aryl methyl sites for hydroxylation is 1. The van der Waals surface area contributed by atoms with E-state index >= 15 is 0 Å². The predicted molar refractivity (Wildman–Crippen MR) is 76.5 cm³/mol. The van der Waals surface area contributed by atoms with Gasteiger partial charge in [0.1, 0.15) is 0 Å². The minimum atomic E-state index is 0.164. The van der Waals surface area contributed by atoms with Crippen LogP contribution in [0.1, 0.15) is 39.5 Å². The van der Waals surface area contributed by atoms with Gasteiger partial charge in [-0.1, -0.05) is 25.9 Å². The van der Waals surface area contributed by atoms with Crippen LogP contribution in [0.5, 0.6) is 0 Å². The van der Waals surface area contributed by atoms with Crippen LogP contribution in [-0.2, 0) is 11.2 Å². The van der Waals surface area contributed by atoms with E-state index in [1.54, 1.807) is 0 Å². The Hall–Kier alpha value is -1.59. The molecule has 1 aromatic rings. The summed E-state index contributed by atoms with van der Waals surface area (Å²) in [5.74, 6) is 1.11. The van der Waals surface area contributed by atoms with Gasteiger partial charge in [0, 0.05) is 38.5 Å². The van der Waals surface area contributed by atoms with Crippen molar-refractivity contribution in [3.05, 3.63) is 5.89 Å². The van der Waals surface area contributed by atoms with E-state index in [2.05, 4.69) is 28.9 Å². The Bertz CT molecular complexity index is 434. The number of nitrogens with zero attached hydrogens (tertiary/aromatic N) is 4. The van der Waals surface area contributed by atoms with Crippen LogP contribution in [-0.4, -0.2) is 47.2 Å². The molecular weight excluding hydrogens is 256 g/mol. The van der Waals surface area contributed by atoms with E-state index in [9.17, 15) is 4.79 Å². The second-order valence-corrected chi connectivity index (χ2v) is 5.16. The molecule has 6 nitrogen and oxygen atoms in total. The van der Waals surface area contributed by atoms with E-state index in [0.29, 0.717) is 11.9 Å². The zero-order valence-corrected chi connectivity index (χ0v) is 12.6. The Morgan fingerprint density at radius 1 is 1.15 bits per heavy atom. The Kier molecular flexibility index (Phi) is 4.98. The molecule has 0 radical (unpaired) electrons. The number of carbonyl (C=O) groups excluding carboxylic acids is 1. The minimum Gasteiger partial charge on any atom is -0.408 e. The number of hydrogen-bond donors (Lipinski definition) is 0. The smallest absolute Gasteiger partial charge is 0.318 e. The van der Waals surface area contributed by atoms with Crippen LogP contribution in [0.2, 0.25) is 0 Å². The lowest BCUT2D eigenvalue weighted by Gasteiger charge is -2.35. The van der Waals surface area contributed by atoms with Crippen LogP contribution >= 0.6 is 0 Å². The average Bonchev–Trinajstić information content (AvgIpc) is 2.97. The number of hydrogen-bond acceptors (Lipinski definition) is 5. The van der Waals surface area contributed by atoms with Gasteiger partial charge in [0.25, 0.3) is 0 Å². The van der Waals surface area contributed by atoms with Gasteiger partial charge in [-0.3, -0.25) is 4.79 Å². The summed E-state index contributed by atoms with van der Waals surface area (Å²) in [7, 11) is 0. The van der Waals surface area contributed by atoms with Crippen molar-refractivity contribution in [2.45, 2.75) is 40.0 Å². The van der Waals surface area contributed by atoms with Crippen molar-refractivity contribution in [1.82, 2.24) is 15.1 Å². The predicted octanol–water partition coefficient (Wildman–Crippen LogP) is 1.72. The second kappa shape index (κ2) is 6.72. The van der Waals surface area contributed by atoms with Gasteiger partial charge in [-0.25, -0.2) is 0 Å². The summed E-state index contributed by atoms with van der Waals surface area (Å²) in [5.41, 5.74) is 0. The topological polar surface area (TPSA) is 62.5 Å². The molecule has 0 spiro atoms. The molecule has 1 aromatic heterocycles. The minimum absolute atomic E-state index is 0.164. The highest BCUT2D eigenvalue weighted by atomic mass is 16.4. The highest BCUT2D eigenvalue weighted by Gasteiger charge is 2.27. The largest absolute Gasteiger partial charge is 0.408 e. The summed E-state index contributed by atoms with van der Waals surface area (Å²) < 4.78 is 5.56. The molecule has 0 atom stereocenters. The first-order valence-electron chi connectivity index (χ1n) is 7.55. The molecule has 1 aliphatic rings. The zero-order valence-electron chi connectivity index (χ0n) is 12.6. The molecule has 1 fully saturated rings. The van der Waals surface area contributed by atoms with Crippen molar-refractivity contribution in [2.24, 2.45) is 5.92 Å². The van der Waals surface area contributed by atoms with Gasteiger partial charge in [0.05, 0.1) is 0 Å². The molecular formula is C14H24N4O2. The second-order valence-electron chi connectivity index (χ2n) is 5.16. The molecule has 2 rings (SSSR count). The van der Waals surface area contributed by atoms with Crippen LogP contribution in [0, 0.1) is 5.92 Å². The summed E-state index contributed by atoms with van der Waals surface area (Å²) >= 11 is 0. The van der Waals surface area contributed by atoms with Gasteiger partial charge in [0.2, 0.25) is 11.8 Å². The molecule has 6 heteroatoms. The standard InChI is InChI=1S/C14H24N4O2/c1-4-11(5-2)13(19)17-7-9-18(10-8-17)14-16-15-12(6-3)20-14/h11H,4-10H2,1-3H3. The summed E-state index contributed by atoms with van der Waals surface area (Å²) in [5, 5.41) is 8.03. The van der Waals surface area contributed by atoms with Crippen LogP contribution < -0.4 is 4.90 Å². The van der Waals surface area contributed by atoms with Gasteiger partial charge in [-0.15, -0.1) is 5.10 Å². The first kappa shape index (κ1) is 14.8. The number of piperazine rings is 1. The van der Waals surface area contributed by atoms with Crippen LogP contribution in [0.3, 0.4) is 0 Å². The maximum atomic E-state index is 12.3. The van der Waals surface area contributed by atoms with E-state index in [-0.39, 0.29) is 11.8 Å². The van der Waals surface area contributed by atoms with Gasteiger partial charge < -0.3 is 14.2 Å². The number of carbonyl (C=O) groups is 1. The Morgan fingerprint density at radius 2 is 1.80 bits per heavy atom. The molecule has 0 saturated carbocycles. The van der Waals surface area contributed by atoms with E-state index < -0.39 is 0 Å². The van der Waals surface area contributed by atoms with E-state index in [1.165, 1.54) is 0 Å². The zero-order chi connectivity index (χ0) is 14.5. The van der Waals surface area contributed by atoms with E-state index in [1.807, 2.05) is 11.8 Å². The quantitative estimate of drug-likeness (QED) is 0.821. The summed E-state index contributed by atoms with van der Waals surface area (Å²) in [6.07, 6.45) is 2.58. The van der Waals surface area contributed by atoms with Crippen molar-refractivity contribution in [3.63, 3.8) is 0 Å². The Morgan fingerprint density at radius 3 is 2.30 bits per heavy atom. The number of anilines is 1. The molecule has 0 N–H and O–H groups in total. The third kappa shape index (κ3) is 3.11. The van der Waals surface area contributed by atoms with Gasteiger partial charge in [-0.2, -0.15) is 0 Å². The summed E-state index contributed by atoms with van der Waals surface area (Å²) in [6, 6.07) is 0.580.